The second kappa shape index (κ2) is 8.79. The van der Waals surface area contributed by atoms with E-state index in [1.54, 1.807) is 11.8 Å². The molecule has 1 aromatic heterocycles. The Bertz CT molecular complexity index is 1300. The Balaban J connectivity index is 1.43. The summed E-state index contributed by atoms with van der Waals surface area (Å²) >= 11 is 0. The number of rotatable bonds is 4. The number of amides is 1. The largest absolute Gasteiger partial charge is 0.457 e. The predicted molar refractivity (Wildman–Crippen MR) is 132 cm³/mol. The van der Waals surface area contributed by atoms with Gasteiger partial charge in [-0.2, -0.15) is 0 Å². The van der Waals surface area contributed by atoms with Gasteiger partial charge < -0.3 is 20.3 Å². The fourth-order valence-corrected chi connectivity index (χ4v) is 4.41. The summed E-state index contributed by atoms with van der Waals surface area (Å²) in [5, 5.41) is 0. The molecule has 34 heavy (non-hydrogen) atoms. The fourth-order valence-electron chi connectivity index (χ4n) is 4.41. The van der Waals surface area contributed by atoms with Gasteiger partial charge in [-0.1, -0.05) is 30.7 Å². The molecule has 5 rings (SSSR count). The fraction of sp³-hybridized carbons (Fsp3) is 0.192. The van der Waals surface area contributed by atoms with Gasteiger partial charge in [0.15, 0.2) is 11.6 Å². The molecule has 1 amide bonds. The lowest BCUT2D eigenvalue weighted by atomic mass is 10.2. The van der Waals surface area contributed by atoms with E-state index in [-0.39, 0.29) is 11.9 Å². The van der Waals surface area contributed by atoms with Crippen LogP contribution in [-0.4, -0.2) is 39.9 Å². The number of benzene rings is 2. The van der Waals surface area contributed by atoms with Crippen LogP contribution in [0.15, 0.2) is 73.3 Å². The molecule has 8 heteroatoms. The SMILES string of the molecule is C=C1N(c2ccc(Oc3ccccc3)cc2)c2c(N)ncnc2N1C1CCN(C(=O)C#CC)C1. The van der Waals surface area contributed by atoms with Crippen molar-refractivity contribution in [2.24, 2.45) is 0 Å². The normalized spacial score (nSPS) is 16.8. The molecule has 0 saturated carbocycles. The summed E-state index contributed by atoms with van der Waals surface area (Å²) in [5.74, 6) is 8.38. The van der Waals surface area contributed by atoms with Crippen molar-refractivity contribution in [1.82, 2.24) is 14.9 Å². The van der Waals surface area contributed by atoms with Gasteiger partial charge in [-0.3, -0.25) is 9.69 Å². The number of fused-ring (bicyclic) bond motifs is 1. The molecule has 2 N–H and O–H groups in total. The first-order valence-electron chi connectivity index (χ1n) is 11.0. The van der Waals surface area contributed by atoms with E-state index in [1.807, 2.05) is 59.5 Å². The zero-order valence-corrected chi connectivity index (χ0v) is 18.8. The van der Waals surface area contributed by atoms with Gasteiger partial charge in [0.25, 0.3) is 5.91 Å². The number of nitrogen functional groups attached to an aromatic ring is 1. The molecule has 0 aliphatic carbocycles. The van der Waals surface area contributed by atoms with E-state index in [4.69, 9.17) is 10.5 Å². The molecular weight excluding hydrogens is 428 g/mol. The Morgan fingerprint density at radius 1 is 1.12 bits per heavy atom. The van der Waals surface area contributed by atoms with E-state index in [1.165, 1.54) is 6.33 Å². The third-order valence-corrected chi connectivity index (χ3v) is 5.94. The van der Waals surface area contributed by atoms with Gasteiger partial charge in [0.05, 0.1) is 6.04 Å². The number of nitrogens with zero attached hydrogens (tertiary/aromatic N) is 5. The Labute approximate surface area is 198 Å². The predicted octanol–water partition coefficient (Wildman–Crippen LogP) is 3.90. The van der Waals surface area contributed by atoms with Crippen molar-refractivity contribution >= 4 is 28.9 Å². The first-order valence-corrected chi connectivity index (χ1v) is 11.0. The lowest BCUT2D eigenvalue weighted by Gasteiger charge is -2.28. The quantitative estimate of drug-likeness (QED) is 0.601. The van der Waals surface area contributed by atoms with Crippen LogP contribution in [-0.2, 0) is 4.79 Å². The molecule has 2 aliphatic rings. The van der Waals surface area contributed by atoms with Crippen molar-refractivity contribution in [2.45, 2.75) is 19.4 Å². The molecule has 1 fully saturated rings. The summed E-state index contributed by atoms with van der Waals surface area (Å²) < 4.78 is 5.92. The molecule has 8 nitrogen and oxygen atoms in total. The van der Waals surface area contributed by atoms with Gasteiger partial charge in [-0.05, 0) is 55.7 Å². The number of carbonyl (C=O) groups is 1. The molecule has 2 aliphatic heterocycles. The van der Waals surface area contributed by atoms with E-state index in [0.717, 1.165) is 23.6 Å². The molecule has 1 saturated heterocycles. The van der Waals surface area contributed by atoms with Crippen LogP contribution in [0.3, 0.4) is 0 Å². The minimum Gasteiger partial charge on any atom is -0.457 e. The third-order valence-electron chi connectivity index (χ3n) is 5.94. The molecule has 170 valence electrons. The number of nitrogens with two attached hydrogens (primary N) is 1. The van der Waals surface area contributed by atoms with Gasteiger partial charge in [0.1, 0.15) is 29.3 Å². The second-order valence-corrected chi connectivity index (χ2v) is 8.03. The lowest BCUT2D eigenvalue weighted by Crippen LogP contribution is -2.38. The summed E-state index contributed by atoms with van der Waals surface area (Å²) in [4.78, 5) is 26.8. The molecule has 3 aromatic rings. The molecule has 2 aromatic carbocycles. The van der Waals surface area contributed by atoms with Crippen molar-refractivity contribution in [3.05, 3.63) is 73.3 Å². The number of anilines is 4. The maximum absolute atomic E-state index is 12.3. The topological polar surface area (TPSA) is 87.8 Å². The first kappa shape index (κ1) is 21.3. The summed E-state index contributed by atoms with van der Waals surface area (Å²) in [7, 11) is 0. The highest BCUT2D eigenvalue weighted by molar-refractivity contribution is 5.94. The van der Waals surface area contributed by atoms with Gasteiger partial charge in [0.2, 0.25) is 0 Å². The van der Waals surface area contributed by atoms with Crippen LogP contribution < -0.4 is 20.3 Å². The number of hydrogen-bond acceptors (Lipinski definition) is 7. The highest BCUT2D eigenvalue weighted by Crippen LogP contribution is 2.48. The number of aromatic nitrogens is 2. The van der Waals surface area contributed by atoms with Crippen molar-refractivity contribution < 1.29 is 9.53 Å². The Morgan fingerprint density at radius 3 is 2.59 bits per heavy atom. The standard InChI is InChI=1S/C26H24N6O2/c1-3-7-23(33)30-15-14-20(16-30)32-18(2)31(24-25(27)28-17-29-26(24)32)19-10-12-22(13-11-19)34-21-8-5-4-6-9-21/h4-6,8-13,17,20H,2,14-16H2,1H3,(H2,27,28,29). The lowest BCUT2D eigenvalue weighted by molar-refractivity contribution is -0.124. The van der Waals surface area contributed by atoms with E-state index in [9.17, 15) is 4.79 Å². The van der Waals surface area contributed by atoms with Crippen LogP contribution in [0, 0.1) is 11.8 Å². The number of ether oxygens (including phenoxy) is 1. The zero-order chi connectivity index (χ0) is 23.7. The number of likely N-dealkylation sites (tertiary alicyclic amines) is 1. The van der Waals surface area contributed by atoms with Crippen molar-refractivity contribution in [3.8, 4) is 23.3 Å². The molecule has 3 heterocycles. The van der Waals surface area contributed by atoms with Crippen LogP contribution in [0.4, 0.5) is 23.0 Å². The first-order chi connectivity index (χ1) is 16.6. The minimum atomic E-state index is -0.164. The maximum Gasteiger partial charge on any atom is 0.298 e. The van der Waals surface area contributed by atoms with Gasteiger partial charge in [-0.25, -0.2) is 9.97 Å². The minimum absolute atomic E-state index is 0.00819. The molecule has 0 radical (unpaired) electrons. The van der Waals surface area contributed by atoms with Gasteiger partial charge in [0, 0.05) is 18.8 Å². The van der Waals surface area contributed by atoms with E-state index in [2.05, 4.69) is 33.3 Å². The molecule has 0 spiro atoms. The molecule has 1 atom stereocenters. The average Bonchev–Trinajstić information content (AvgIpc) is 3.43. The van der Waals surface area contributed by atoms with Crippen LogP contribution >= 0.6 is 0 Å². The zero-order valence-electron chi connectivity index (χ0n) is 18.8. The summed E-state index contributed by atoms with van der Waals surface area (Å²) in [6.45, 7) is 7.18. The molecule has 0 bridgehead atoms. The third kappa shape index (κ3) is 3.77. The Morgan fingerprint density at radius 2 is 1.85 bits per heavy atom. The molecular formula is C26H24N6O2. The Hall–Kier alpha value is -4.51. The van der Waals surface area contributed by atoms with Crippen LogP contribution in [0.2, 0.25) is 0 Å². The summed E-state index contributed by atoms with van der Waals surface area (Å²) in [6, 6.07) is 17.3. The van der Waals surface area contributed by atoms with Crippen molar-refractivity contribution in [3.63, 3.8) is 0 Å². The maximum atomic E-state index is 12.3. The smallest absolute Gasteiger partial charge is 0.298 e. The van der Waals surface area contributed by atoms with Crippen molar-refractivity contribution in [1.29, 1.82) is 0 Å². The van der Waals surface area contributed by atoms with Crippen LogP contribution in [0.25, 0.3) is 0 Å². The van der Waals surface area contributed by atoms with Crippen LogP contribution in [0.5, 0.6) is 11.5 Å². The van der Waals surface area contributed by atoms with Crippen molar-refractivity contribution in [2.75, 3.05) is 28.6 Å². The van der Waals surface area contributed by atoms with Crippen LogP contribution in [0.1, 0.15) is 13.3 Å². The Kier molecular flexibility index (Phi) is 5.52. The molecule has 1 unspecified atom stereocenters. The van der Waals surface area contributed by atoms with E-state index >= 15 is 0 Å². The second-order valence-electron chi connectivity index (χ2n) is 8.03. The van der Waals surface area contributed by atoms with E-state index in [0.29, 0.717) is 36.2 Å². The monoisotopic (exact) mass is 452 g/mol. The number of carbonyl (C=O) groups excluding carboxylic acids is 1. The number of hydrogen-bond donors (Lipinski definition) is 1. The summed E-state index contributed by atoms with van der Waals surface area (Å²) in [6.07, 6.45) is 2.23. The summed E-state index contributed by atoms with van der Waals surface area (Å²) in [5.41, 5.74) is 7.84. The highest BCUT2D eigenvalue weighted by Gasteiger charge is 2.41. The number of para-hydroxylation sites is 1. The van der Waals surface area contributed by atoms with Gasteiger partial charge >= 0.3 is 0 Å². The highest BCUT2D eigenvalue weighted by atomic mass is 16.5. The van der Waals surface area contributed by atoms with Gasteiger partial charge in [-0.15, -0.1) is 0 Å². The van der Waals surface area contributed by atoms with E-state index < -0.39 is 0 Å². The average molecular weight is 453 g/mol.